The molecule has 2 amide bonds. The van der Waals surface area contributed by atoms with E-state index in [1.165, 1.54) is 6.07 Å². The average molecular weight is 401 g/mol. The first-order valence-corrected chi connectivity index (χ1v) is 9.60. The number of H-pyrrole nitrogens is 1. The van der Waals surface area contributed by atoms with Gasteiger partial charge in [0, 0.05) is 18.7 Å². The van der Waals surface area contributed by atoms with Gasteiger partial charge in [-0.15, -0.1) is 0 Å². The summed E-state index contributed by atoms with van der Waals surface area (Å²) in [6.45, 7) is 6.71. The Labute approximate surface area is 166 Å². The van der Waals surface area contributed by atoms with Crippen LogP contribution < -0.4 is 5.73 Å². The molecule has 1 fully saturated rings. The van der Waals surface area contributed by atoms with E-state index in [-0.39, 0.29) is 17.6 Å². The third kappa shape index (κ3) is 3.52. The highest BCUT2D eigenvalue weighted by molar-refractivity contribution is 6.05. The number of benzene rings is 1. The quantitative estimate of drug-likeness (QED) is 0.688. The van der Waals surface area contributed by atoms with Crippen molar-refractivity contribution in [1.29, 1.82) is 0 Å². The van der Waals surface area contributed by atoms with Crippen LogP contribution in [0.5, 0.6) is 0 Å². The van der Waals surface area contributed by atoms with Crippen LogP contribution in [0.2, 0.25) is 0 Å². The summed E-state index contributed by atoms with van der Waals surface area (Å²) in [5, 5.41) is 4.41. The largest absolute Gasteiger partial charge is 0.444 e. The molecule has 3 aromatic rings. The molecular weight excluding hydrogens is 377 g/mol. The normalized spacial score (nSPS) is 15.9. The Hall–Kier alpha value is -3.10. The monoisotopic (exact) mass is 401 g/mol. The van der Waals surface area contributed by atoms with E-state index in [0.717, 1.165) is 24.5 Å². The number of piperidine rings is 1. The van der Waals surface area contributed by atoms with E-state index in [2.05, 4.69) is 10.1 Å². The van der Waals surface area contributed by atoms with Gasteiger partial charge >= 0.3 is 6.09 Å². The summed E-state index contributed by atoms with van der Waals surface area (Å²) in [4.78, 5) is 28.9. The number of carbonyl (C=O) groups is 2. The topological polar surface area (TPSA) is 106 Å². The summed E-state index contributed by atoms with van der Waals surface area (Å²) in [6.07, 6.45) is 2.97. The van der Waals surface area contributed by atoms with E-state index in [1.54, 1.807) is 15.6 Å². The van der Waals surface area contributed by atoms with E-state index in [1.807, 2.05) is 20.8 Å². The number of imidazole rings is 1. The van der Waals surface area contributed by atoms with Gasteiger partial charge in [0.25, 0.3) is 5.91 Å². The molecule has 29 heavy (non-hydrogen) atoms. The Morgan fingerprint density at radius 3 is 2.59 bits per heavy atom. The van der Waals surface area contributed by atoms with Crippen molar-refractivity contribution in [2.24, 2.45) is 5.73 Å². The smallest absolute Gasteiger partial charge is 0.410 e. The van der Waals surface area contributed by atoms with Crippen molar-refractivity contribution in [3.05, 3.63) is 35.3 Å². The summed E-state index contributed by atoms with van der Waals surface area (Å²) in [5.74, 6) is -1.07. The van der Waals surface area contributed by atoms with Crippen LogP contribution in [0.15, 0.2) is 18.3 Å². The maximum Gasteiger partial charge on any atom is 0.410 e. The number of carbonyl (C=O) groups excluding carboxylic acids is 2. The van der Waals surface area contributed by atoms with Crippen molar-refractivity contribution in [2.45, 2.75) is 45.1 Å². The molecule has 8 nitrogen and oxygen atoms in total. The van der Waals surface area contributed by atoms with Crippen LogP contribution in [0.25, 0.3) is 16.7 Å². The lowest BCUT2D eigenvalue weighted by atomic mass is 9.91. The molecule has 154 valence electrons. The molecule has 3 N–H and O–H groups in total. The molecule has 0 bridgehead atoms. The number of fused-ring (bicyclic) bond motifs is 3. The Bertz CT molecular complexity index is 1100. The van der Waals surface area contributed by atoms with E-state index in [4.69, 9.17) is 10.5 Å². The molecule has 1 saturated heterocycles. The summed E-state index contributed by atoms with van der Waals surface area (Å²) in [7, 11) is 0. The second-order valence-electron chi connectivity index (χ2n) is 8.44. The summed E-state index contributed by atoms with van der Waals surface area (Å²) < 4.78 is 20.9. The second kappa shape index (κ2) is 6.75. The summed E-state index contributed by atoms with van der Waals surface area (Å²) in [5.41, 5.74) is 7.60. The molecule has 1 aliphatic rings. The maximum absolute atomic E-state index is 13.9. The Morgan fingerprint density at radius 2 is 1.97 bits per heavy atom. The van der Waals surface area contributed by atoms with Gasteiger partial charge in [-0.05, 0) is 51.7 Å². The van der Waals surface area contributed by atoms with Crippen LogP contribution in [0.4, 0.5) is 9.18 Å². The number of aromatic amines is 1. The minimum absolute atomic E-state index is 0.0839. The van der Waals surface area contributed by atoms with E-state index in [0.29, 0.717) is 29.8 Å². The first kappa shape index (κ1) is 19.2. The lowest BCUT2D eigenvalue weighted by Crippen LogP contribution is -2.41. The molecule has 9 heteroatoms. The fourth-order valence-corrected chi connectivity index (χ4v) is 3.89. The fraction of sp³-hybridized carbons (Fsp3) is 0.450. The van der Waals surface area contributed by atoms with E-state index >= 15 is 0 Å². The molecule has 4 rings (SSSR count). The Kier molecular flexibility index (Phi) is 4.48. The number of nitrogens with two attached hydrogens (primary N) is 1. The molecule has 3 heterocycles. The number of primary amides is 1. The molecule has 2 aromatic heterocycles. The number of rotatable bonds is 2. The number of aromatic nitrogens is 3. The number of hydrogen-bond donors (Lipinski definition) is 2. The van der Waals surface area contributed by atoms with Gasteiger partial charge in [0.2, 0.25) is 0 Å². The minimum atomic E-state index is -0.710. The Balaban J connectivity index is 1.61. The zero-order valence-corrected chi connectivity index (χ0v) is 16.7. The molecule has 0 radical (unpaired) electrons. The Morgan fingerprint density at radius 1 is 1.28 bits per heavy atom. The summed E-state index contributed by atoms with van der Waals surface area (Å²) in [6, 6.07) is 2.45. The van der Waals surface area contributed by atoms with Gasteiger partial charge in [-0.3, -0.25) is 4.79 Å². The first-order chi connectivity index (χ1) is 13.6. The first-order valence-electron chi connectivity index (χ1n) is 9.60. The predicted octanol–water partition coefficient (Wildman–Crippen LogP) is 3.17. The number of ether oxygens (including phenoxy) is 1. The molecule has 1 aliphatic heterocycles. The highest BCUT2D eigenvalue weighted by Gasteiger charge is 2.29. The van der Waals surface area contributed by atoms with Crippen LogP contribution in [-0.2, 0) is 4.74 Å². The third-order valence-corrected chi connectivity index (χ3v) is 5.19. The average Bonchev–Trinajstić information content (AvgIpc) is 3.18. The zero-order valence-electron chi connectivity index (χ0n) is 16.7. The van der Waals surface area contributed by atoms with Crippen LogP contribution in [-0.4, -0.2) is 50.2 Å². The number of halogens is 1. The molecule has 0 unspecified atom stereocenters. The van der Waals surface area contributed by atoms with Gasteiger partial charge < -0.3 is 20.4 Å². The van der Waals surface area contributed by atoms with Crippen molar-refractivity contribution in [3.8, 4) is 0 Å². The number of likely N-dealkylation sites (tertiary alicyclic amines) is 1. The predicted molar refractivity (Wildman–Crippen MR) is 105 cm³/mol. The van der Waals surface area contributed by atoms with Crippen LogP contribution in [0.3, 0.4) is 0 Å². The molecule has 0 spiro atoms. The molecular formula is C20H24FN5O3. The van der Waals surface area contributed by atoms with Crippen molar-refractivity contribution in [2.75, 3.05) is 13.1 Å². The highest BCUT2D eigenvalue weighted by Crippen LogP contribution is 2.33. The van der Waals surface area contributed by atoms with Gasteiger partial charge in [0.05, 0.1) is 17.3 Å². The van der Waals surface area contributed by atoms with Crippen molar-refractivity contribution < 1.29 is 18.7 Å². The minimum Gasteiger partial charge on any atom is -0.444 e. The van der Waals surface area contributed by atoms with Crippen LogP contribution in [0.1, 0.15) is 55.5 Å². The molecule has 0 atom stereocenters. The zero-order chi connectivity index (χ0) is 20.9. The lowest BCUT2D eigenvalue weighted by Gasteiger charge is -2.33. The standard InChI is InChI=1S/C20H24FN5O3/c1-20(2,3)29-19(28)25-6-4-11(5-7-25)14-10-23-26-16-13(17(22)27)8-12(21)9-15(16)24-18(14)26/h8-11,24H,4-7H2,1-3H3,(H2,22,27). The molecule has 1 aromatic carbocycles. The lowest BCUT2D eigenvalue weighted by molar-refractivity contribution is 0.0205. The third-order valence-electron chi connectivity index (χ3n) is 5.19. The number of amides is 2. The highest BCUT2D eigenvalue weighted by atomic mass is 19.1. The molecule has 0 aliphatic carbocycles. The number of nitrogens with zero attached hydrogens (tertiary/aromatic N) is 3. The van der Waals surface area contributed by atoms with Crippen LogP contribution in [0, 0.1) is 5.82 Å². The van der Waals surface area contributed by atoms with Gasteiger partial charge in [-0.1, -0.05) is 0 Å². The van der Waals surface area contributed by atoms with Crippen molar-refractivity contribution >= 4 is 28.7 Å². The number of nitrogens with one attached hydrogen (secondary N) is 1. The van der Waals surface area contributed by atoms with Crippen molar-refractivity contribution in [1.82, 2.24) is 19.5 Å². The van der Waals surface area contributed by atoms with Crippen molar-refractivity contribution in [3.63, 3.8) is 0 Å². The summed E-state index contributed by atoms with van der Waals surface area (Å²) >= 11 is 0. The fourth-order valence-electron chi connectivity index (χ4n) is 3.89. The second-order valence-corrected chi connectivity index (χ2v) is 8.44. The van der Waals surface area contributed by atoms with Gasteiger partial charge in [-0.2, -0.15) is 5.10 Å². The maximum atomic E-state index is 13.9. The van der Waals surface area contributed by atoms with Gasteiger partial charge in [-0.25, -0.2) is 13.7 Å². The van der Waals surface area contributed by atoms with Crippen LogP contribution >= 0.6 is 0 Å². The van der Waals surface area contributed by atoms with E-state index < -0.39 is 17.3 Å². The number of hydrogen-bond acceptors (Lipinski definition) is 4. The van der Waals surface area contributed by atoms with Gasteiger partial charge in [0.1, 0.15) is 22.6 Å². The molecule has 0 saturated carbocycles. The van der Waals surface area contributed by atoms with E-state index in [9.17, 15) is 14.0 Å². The van der Waals surface area contributed by atoms with Gasteiger partial charge in [0.15, 0.2) is 0 Å². The SMILES string of the molecule is CC(C)(C)OC(=O)N1CCC(c2cnn3c2[nH]c2cc(F)cc(C(N)=O)c23)CC1.